The highest BCUT2D eigenvalue weighted by molar-refractivity contribution is 9.10. The summed E-state index contributed by atoms with van der Waals surface area (Å²) in [6.07, 6.45) is 1.01. The Morgan fingerprint density at radius 1 is 1.15 bits per heavy atom. The molecule has 0 aliphatic carbocycles. The van der Waals surface area contributed by atoms with Gasteiger partial charge in [0.25, 0.3) is 0 Å². The topological polar surface area (TPSA) is 12.0 Å². The maximum atomic E-state index is 13.9. The first-order chi connectivity index (χ1) is 9.61. The number of rotatable bonds is 5. The lowest BCUT2D eigenvalue weighted by atomic mass is 10.0. The van der Waals surface area contributed by atoms with E-state index >= 15 is 0 Å². The molecule has 0 saturated heterocycles. The van der Waals surface area contributed by atoms with Crippen LogP contribution in [0.4, 0.5) is 4.39 Å². The third-order valence-electron chi connectivity index (χ3n) is 3.53. The molecule has 1 atom stereocenters. The van der Waals surface area contributed by atoms with Crippen LogP contribution < -0.4 is 5.32 Å². The van der Waals surface area contributed by atoms with Crippen molar-refractivity contribution in [1.29, 1.82) is 0 Å². The lowest BCUT2D eigenvalue weighted by molar-refractivity contribution is 0.527. The third-order valence-corrected chi connectivity index (χ3v) is 4.02. The quantitative estimate of drug-likeness (QED) is 0.810. The van der Waals surface area contributed by atoms with E-state index in [0.717, 1.165) is 17.4 Å². The Hall–Kier alpha value is -1.19. The van der Waals surface area contributed by atoms with Gasteiger partial charge in [-0.2, -0.15) is 0 Å². The van der Waals surface area contributed by atoms with Crippen molar-refractivity contribution in [3.8, 4) is 0 Å². The van der Waals surface area contributed by atoms with E-state index in [2.05, 4.69) is 46.4 Å². The number of benzene rings is 2. The van der Waals surface area contributed by atoms with E-state index in [9.17, 15) is 4.39 Å². The summed E-state index contributed by atoms with van der Waals surface area (Å²) in [6, 6.07) is 13.5. The van der Waals surface area contributed by atoms with E-state index in [1.54, 1.807) is 0 Å². The number of hydrogen-bond donors (Lipinski definition) is 1. The monoisotopic (exact) mass is 335 g/mol. The fraction of sp³-hybridized carbons (Fsp3) is 0.294. The molecule has 20 heavy (non-hydrogen) atoms. The summed E-state index contributed by atoms with van der Waals surface area (Å²) >= 11 is 3.28. The average Bonchev–Trinajstić information content (AvgIpc) is 2.45. The van der Waals surface area contributed by atoms with Gasteiger partial charge >= 0.3 is 0 Å². The highest BCUT2D eigenvalue weighted by Gasteiger charge is 2.11. The van der Waals surface area contributed by atoms with Crippen molar-refractivity contribution < 1.29 is 4.39 Å². The van der Waals surface area contributed by atoms with Crippen LogP contribution in [0.15, 0.2) is 46.9 Å². The van der Waals surface area contributed by atoms with Crippen LogP contribution in [0.5, 0.6) is 0 Å². The van der Waals surface area contributed by atoms with Gasteiger partial charge < -0.3 is 5.32 Å². The van der Waals surface area contributed by atoms with E-state index in [4.69, 9.17) is 0 Å². The van der Waals surface area contributed by atoms with Gasteiger partial charge in [-0.05, 0) is 36.6 Å². The largest absolute Gasteiger partial charge is 0.306 e. The molecule has 0 amide bonds. The Morgan fingerprint density at radius 2 is 1.85 bits per heavy atom. The molecule has 0 aliphatic rings. The minimum absolute atomic E-state index is 0.0204. The molecule has 0 radical (unpaired) electrons. The van der Waals surface area contributed by atoms with E-state index < -0.39 is 0 Å². The SMILES string of the molecule is CCc1ccccc1CNC(C)c1ccc(Br)cc1F. The van der Waals surface area contributed by atoms with Gasteiger partial charge in [-0.3, -0.25) is 0 Å². The molecule has 3 heteroatoms. The zero-order valence-electron chi connectivity index (χ0n) is 11.8. The molecule has 1 N–H and O–H groups in total. The molecule has 0 saturated carbocycles. The van der Waals surface area contributed by atoms with Gasteiger partial charge in [-0.25, -0.2) is 4.39 Å². The van der Waals surface area contributed by atoms with Crippen LogP contribution >= 0.6 is 15.9 Å². The molecular formula is C17H19BrFN. The van der Waals surface area contributed by atoms with Gasteiger partial charge in [0, 0.05) is 22.6 Å². The summed E-state index contributed by atoms with van der Waals surface area (Å²) in [4.78, 5) is 0. The van der Waals surface area contributed by atoms with E-state index in [1.807, 2.05) is 25.1 Å². The first-order valence-electron chi connectivity index (χ1n) is 6.87. The van der Waals surface area contributed by atoms with Crippen molar-refractivity contribution >= 4 is 15.9 Å². The van der Waals surface area contributed by atoms with E-state index in [1.165, 1.54) is 17.2 Å². The van der Waals surface area contributed by atoms with E-state index in [0.29, 0.717) is 5.56 Å². The third kappa shape index (κ3) is 3.68. The van der Waals surface area contributed by atoms with Crippen molar-refractivity contribution in [1.82, 2.24) is 5.32 Å². The van der Waals surface area contributed by atoms with Crippen LogP contribution in [0, 0.1) is 5.82 Å². The zero-order chi connectivity index (χ0) is 14.5. The van der Waals surface area contributed by atoms with Crippen LogP contribution in [0.2, 0.25) is 0 Å². The van der Waals surface area contributed by atoms with Crippen molar-refractivity contribution in [3.63, 3.8) is 0 Å². The maximum absolute atomic E-state index is 13.9. The number of halogens is 2. The summed E-state index contributed by atoms with van der Waals surface area (Å²) < 4.78 is 14.7. The summed E-state index contributed by atoms with van der Waals surface area (Å²) in [5.41, 5.74) is 3.31. The molecule has 0 spiro atoms. The van der Waals surface area contributed by atoms with Crippen molar-refractivity contribution in [2.45, 2.75) is 32.9 Å². The number of hydrogen-bond acceptors (Lipinski definition) is 1. The predicted molar refractivity (Wildman–Crippen MR) is 85.2 cm³/mol. The predicted octanol–water partition coefficient (Wildman–Crippen LogP) is 5.00. The van der Waals surface area contributed by atoms with Crippen LogP contribution in [-0.4, -0.2) is 0 Å². The summed E-state index contributed by atoms with van der Waals surface area (Å²) in [6.45, 7) is 4.89. The van der Waals surface area contributed by atoms with Gasteiger partial charge in [-0.15, -0.1) is 0 Å². The first-order valence-corrected chi connectivity index (χ1v) is 7.66. The molecule has 2 aromatic rings. The Bertz CT molecular complexity index is 583. The Kier molecular flexibility index (Phi) is 5.32. The molecule has 0 aromatic heterocycles. The first kappa shape index (κ1) is 15.2. The van der Waals surface area contributed by atoms with Gasteiger partial charge in [-0.1, -0.05) is 53.2 Å². The smallest absolute Gasteiger partial charge is 0.129 e. The molecule has 106 valence electrons. The highest BCUT2D eigenvalue weighted by atomic mass is 79.9. The summed E-state index contributed by atoms with van der Waals surface area (Å²) in [5.74, 6) is -0.178. The van der Waals surface area contributed by atoms with Crippen molar-refractivity contribution in [2.75, 3.05) is 0 Å². The fourth-order valence-electron chi connectivity index (χ4n) is 2.30. The minimum Gasteiger partial charge on any atom is -0.306 e. The van der Waals surface area contributed by atoms with Crippen LogP contribution in [-0.2, 0) is 13.0 Å². The number of nitrogens with one attached hydrogen (secondary N) is 1. The van der Waals surface area contributed by atoms with Crippen LogP contribution in [0.1, 0.15) is 36.6 Å². The second kappa shape index (κ2) is 7.00. The van der Waals surface area contributed by atoms with Crippen molar-refractivity contribution in [2.24, 2.45) is 0 Å². The standard InChI is InChI=1S/C17H19BrFN/c1-3-13-6-4-5-7-14(13)11-20-12(2)16-9-8-15(18)10-17(16)19/h4-10,12,20H,3,11H2,1-2H3. The van der Waals surface area contributed by atoms with Gasteiger partial charge in [0.05, 0.1) is 0 Å². The molecule has 1 unspecified atom stereocenters. The molecule has 1 nitrogen and oxygen atoms in total. The maximum Gasteiger partial charge on any atom is 0.129 e. The molecule has 0 bridgehead atoms. The van der Waals surface area contributed by atoms with Crippen LogP contribution in [0.3, 0.4) is 0 Å². The Morgan fingerprint density at radius 3 is 2.50 bits per heavy atom. The van der Waals surface area contributed by atoms with Gasteiger partial charge in [0.15, 0.2) is 0 Å². The summed E-state index contributed by atoms with van der Waals surface area (Å²) in [5, 5.41) is 3.39. The summed E-state index contributed by atoms with van der Waals surface area (Å²) in [7, 11) is 0. The van der Waals surface area contributed by atoms with Crippen molar-refractivity contribution in [3.05, 3.63) is 69.4 Å². The van der Waals surface area contributed by atoms with Gasteiger partial charge in [0.1, 0.15) is 5.82 Å². The molecule has 2 rings (SSSR count). The molecule has 0 fully saturated rings. The average molecular weight is 336 g/mol. The lowest BCUT2D eigenvalue weighted by Gasteiger charge is -2.16. The second-order valence-corrected chi connectivity index (χ2v) is 5.81. The van der Waals surface area contributed by atoms with Crippen LogP contribution in [0.25, 0.3) is 0 Å². The molecule has 0 heterocycles. The fourth-order valence-corrected chi connectivity index (χ4v) is 2.63. The molecule has 0 aliphatic heterocycles. The second-order valence-electron chi connectivity index (χ2n) is 4.89. The Labute approximate surface area is 128 Å². The normalized spacial score (nSPS) is 12.4. The molecular weight excluding hydrogens is 317 g/mol. The van der Waals surface area contributed by atoms with Gasteiger partial charge in [0.2, 0.25) is 0 Å². The highest BCUT2D eigenvalue weighted by Crippen LogP contribution is 2.21. The van der Waals surface area contributed by atoms with E-state index in [-0.39, 0.29) is 11.9 Å². The Balaban J connectivity index is 2.06. The zero-order valence-corrected chi connectivity index (χ0v) is 13.4. The number of aryl methyl sites for hydroxylation is 1. The minimum atomic E-state index is -0.178. The lowest BCUT2D eigenvalue weighted by Crippen LogP contribution is -2.19. The molecule has 2 aromatic carbocycles.